The lowest BCUT2D eigenvalue weighted by Crippen LogP contribution is -2.00. The second kappa shape index (κ2) is 14.0. The van der Waals surface area contributed by atoms with Gasteiger partial charge in [-0.3, -0.25) is 14.5 Å². The van der Waals surface area contributed by atoms with Crippen LogP contribution in [0.2, 0.25) is 0 Å². The van der Waals surface area contributed by atoms with Crippen molar-refractivity contribution < 1.29 is 0 Å². The minimum absolute atomic E-state index is 0.880. The maximum absolute atomic E-state index is 5.38. The van der Waals surface area contributed by atoms with E-state index in [1.165, 1.54) is 21.5 Å². The van der Waals surface area contributed by atoms with E-state index in [4.69, 9.17) is 15.0 Å². The van der Waals surface area contributed by atoms with Gasteiger partial charge < -0.3 is 9.13 Å². The summed E-state index contributed by atoms with van der Waals surface area (Å²) in [7, 11) is 0. The monoisotopic (exact) mass is 804 g/mol. The molecule has 0 atom stereocenters. The van der Waals surface area contributed by atoms with E-state index in [1.54, 1.807) is 0 Å². The van der Waals surface area contributed by atoms with Crippen molar-refractivity contribution in [3.63, 3.8) is 0 Å². The molecule has 6 heterocycles. The standard InChI is InChI=1S/C57H36N6/c1-3-14-37(15-4-1)41-31-49(38-16-5-2-6-17-38)60-56(33-41)63-51-22-11-7-18-44(51)46-27-25-40(32-55(46)63)39-26-28-53-48(30-39)45-19-8-10-21-50(45)61(53)42-34-43(36-58-35-42)62-52-23-12-9-20-47(52)57-54(62)24-13-29-59-57/h1-36H. The fourth-order valence-corrected chi connectivity index (χ4v) is 9.73. The summed E-state index contributed by atoms with van der Waals surface area (Å²) in [6, 6.07) is 71.4. The highest BCUT2D eigenvalue weighted by Gasteiger charge is 2.19. The Morgan fingerprint density at radius 2 is 0.873 bits per heavy atom. The number of rotatable bonds is 6. The molecule has 0 saturated carbocycles. The topological polar surface area (TPSA) is 53.5 Å². The van der Waals surface area contributed by atoms with Gasteiger partial charge >= 0.3 is 0 Å². The number of nitrogens with zero attached hydrogens (tertiary/aromatic N) is 6. The van der Waals surface area contributed by atoms with Gasteiger partial charge in [-0.1, -0.05) is 133 Å². The van der Waals surface area contributed by atoms with Crippen molar-refractivity contribution in [3.8, 4) is 50.7 Å². The van der Waals surface area contributed by atoms with E-state index in [2.05, 4.69) is 208 Å². The molecule has 13 aromatic rings. The van der Waals surface area contributed by atoms with Crippen molar-refractivity contribution in [3.05, 3.63) is 219 Å². The van der Waals surface area contributed by atoms with Gasteiger partial charge in [-0.2, -0.15) is 0 Å². The molecule has 0 radical (unpaired) electrons. The normalized spacial score (nSPS) is 11.8. The largest absolute Gasteiger partial charge is 0.308 e. The Morgan fingerprint density at radius 3 is 1.63 bits per heavy atom. The molecular weight excluding hydrogens is 769 g/mol. The number of hydrogen-bond donors (Lipinski definition) is 0. The third kappa shape index (κ3) is 5.55. The summed E-state index contributed by atoms with van der Waals surface area (Å²) in [4.78, 5) is 15.0. The summed E-state index contributed by atoms with van der Waals surface area (Å²) in [5.41, 5.74) is 16.2. The van der Waals surface area contributed by atoms with E-state index in [-0.39, 0.29) is 0 Å². The predicted molar refractivity (Wildman–Crippen MR) is 259 cm³/mol. The Balaban J connectivity index is 0.983. The molecule has 0 aliphatic carbocycles. The number of fused-ring (bicyclic) bond motifs is 9. The first-order chi connectivity index (χ1) is 31.2. The number of pyridine rings is 3. The van der Waals surface area contributed by atoms with Crippen LogP contribution in [0.4, 0.5) is 0 Å². The molecule has 7 aromatic carbocycles. The van der Waals surface area contributed by atoms with Crippen molar-refractivity contribution in [2.45, 2.75) is 0 Å². The first-order valence-electron chi connectivity index (χ1n) is 21.3. The van der Waals surface area contributed by atoms with Crippen LogP contribution < -0.4 is 0 Å². The smallest absolute Gasteiger partial charge is 0.138 e. The molecule has 0 fully saturated rings. The summed E-state index contributed by atoms with van der Waals surface area (Å²) >= 11 is 0. The van der Waals surface area contributed by atoms with Gasteiger partial charge in [0.1, 0.15) is 5.82 Å². The molecule has 6 nitrogen and oxygen atoms in total. The molecule has 0 N–H and O–H groups in total. The molecule has 0 saturated heterocycles. The molecule has 13 rings (SSSR count). The molecule has 6 aromatic heterocycles. The lowest BCUT2D eigenvalue weighted by Gasteiger charge is -2.13. The minimum Gasteiger partial charge on any atom is -0.308 e. The number of hydrogen-bond acceptors (Lipinski definition) is 3. The van der Waals surface area contributed by atoms with Crippen molar-refractivity contribution >= 4 is 65.5 Å². The van der Waals surface area contributed by atoms with Gasteiger partial charge in [0, 0.05) is 38.7 Å². The first kappa shape index (κ1) is 35.2. The molecule has 6 heteroatoms. The molecule has 0 bridgehead atoms. The second-order valence-corrected chi connectivity index (χ2v) is 16.1. The summed E-state index contributed by atoms with van der Waals surface area (Å²) in [6.45, 7) is 0. The van der Waals surface area contributed by atoms with Crippen molar-refractivity contribution in [1.29, 1.82) is 0 Å². The fraction of sp³-hybridized carbons (Fsp3) is 0. The molecule has 0 aliphatic heterocycles. The highest BCUT2D eigenvalue weighted by atomic mass is 15.1. The lowest BCUT2D eigenvalue weighted by molar-refractivity contribution is 1.08. The predicted octanol–water partition coefficient (Wildman–Crippen LogP) is 14.2. The maximum Gasteiger partial charge on any atom is 0.138 e. The van der Waals surface area contributed by atoms with Crippen molar-refractivity contribution in [2.24, 2.45) is 0 Å². The number of para-hydroxylation sites is 3. The van der Waals surface area contributed by atoms with Gasteiger partial charge in [0.05, 0.1) is 68.1 Å². The number of benzene rings is 7. The van der Waals surface area contributed by atoms with E-state index in [1.807, 2.05) is 24.7 Å². The van der Waals surface area contributed by atoms with E-state index < -0.39 is 0 Å². The molecular formula is C57H36N6. The first-order valence-corrected chi connectivity index (χ1v) is 21.3. The van der Waals surface area contributed by atoms with Crippen LogP contribution in [0.3, 0.4) is 0 Å². The van der Waals surface area contributed by atoms with Crippen LogP contribution in [-0.2, 0) is 0 Å². The SMILES string of the molecule is c1ccc(-c2cc(-c3ccccc3)nc(-n3c4ccccc4c4ccc(-c5ccc6c(c5)c5ccccc5n6-c5cncc(-n6c7ccccc7c7ncccc76)c5)cc43)c2)cc1. The Labute approximate surface area is 362 Å². The maximum atomic E-state index is 5.38. The molecule has 294 valence electrons. The molecule has 0 amide bonds. The summed E-state index contributed by atoms with van der Waals surface area (Å²) in [5.74, 6) is 0.880. The second-order valence-electron chi connectivity index (χ2n) is 16.1. The quantitative estimate of drug-likeness (QED) is 0.168. The Hall–Kier alpha value is -8.61. The van der Waals surface area contributed by atoms with Gasteiger partial charge in [0.2, 0.25) is 0 Å². The summed E-state index contributed by atoms with van der Waals surface area (Å²) < 4.78 is 6.95. The van der Waals surface area contributed by atoms with E-state index in [0.29, 0.717) is 0 Å². The van der Waals surface area contributed by atoms with E-state index in [0.717, 1.165) is 94.7 Å². The lowest BCUT2D eigenvalue weighted by atomic mass is 10.0. The highest BCUT2D eigenvalue weighted by Crippen LogP contribution is 2.40. The molecule has 0 spiro atoms. The van der Waals surface area contributed by atoms with Crippen LogP contribution in [0.25, 0.3) is 116 Å². The average Bonchev–Trinajstić information content (AvgIpc) is 4.00. The van der Waals surface area contributed by atoms with Crippen LogP contribution in [-0.4, -0.2) is 28.7 Å². The zero-order valence-corrected chi connectivity index (χ0v) is 34.0. The molecule has 0 aliphatic rings. The Morgan fingerprint density at radius 1 is 0.317 bits per heavy atom. The Kier molecular flexibility index (Phi) is 7.80. The summed E-state index contributed by atoms with van der Waals surface area (Å²) in [5, 5.41) is 5.87. The van der Waals surface area contributed by atoms with E-state index >= 15 is 0 Å². The van der Waals surface area contributed by atoms with Gasteiger partial charge in [-0.25, -0.2) is 4.98 Å². The van der Waals surface area contributed by atoms with Crippen LogP contribution in [0, 0.1) is 0 Å². The third-order valence-electron chi connectivity index (χ3n) is 12.6. The average molecular weight is 805 g/mol. The fourth-order valence-electron chi connectivity index (χ4n) is 9.73. The zero-order chi connectivity index (χ0) is 41.4. The van der Waals surface area contributed by atoms with Gasteiger partial charge in [-0.05, 0) is 89.0 Å². The van der Waals surface area contributed by atoms with Crippen molar-refractivity contribution in [1.82, 2.24) is 28.7 Å². The van der Waals surface area contributed by atoms with Gasteiger partial charge in [-0.15, -0.1) is 0 Å². The van der Waals surface area contributed by atoms with Gasteiger partial charge in [0.15, 0.2) is 0 Å². The molecule has 63 heavy (non-hydrogen) atoms. The molecule has 0 unspecified atom stereocenters. The third-order valence-corrected chi connectivity index (χ3v) is 12.6. The minimum atomic E-state index is 0.880. The van der Waals surface area contributed by atoms with Crippen LogP contribution in [0.15, 0.2) is 219 Å². The zero-order valence-electron chi connectivity index (χ0n) is 34.0. The van der Waals surface area contributed by atoms with Crippen LogP contribution in [0.5, 0.6) is 0 Å². The van der Waals surface area contributed by atoms with Crippen LogP contribution in [0.1, 0.15) is 0 Å². The number of aromatic nitrogens is 6. The van der Waals surface area contributed by atoms with Crippen molar-refractivity contribution in [2.75, 3.05) is 0 Å². The summed E-state index contributed by atoms with van der Waals surface area (Å²) in [6.07, 6.45) is 5.77. The van der Waals surface area contributed by atoms with Crippen LogP contribution >= 0.6 is 0 Å². The van der Waals surface area contributed by atoms with E-state index in [9.17, 15) is 0 Å². The highest BCUT2D eigenvalue weighted by molar-refractivity contribution is 6.13. The van der Waals surface area contributed by atoms with Gasteiger partial charge in [0.25, 0.3) is 0 Å². The Bertz CT molecular complexity index is 3800.